The molecular formula is C21H30N3O4+. The maximum absolute atomic E-state index is 12.7. The lowest BCUT2D eigenvalue weighted by Gasteiger charge is -2.31. The van der Waals surface area contributed by atoms with Crippen molar-refractivity contribution in [1.82, 2.24) is 4.98 Å². The number of aromatic nitrogens is 1. The molecule has 3 rings (SSSR count). The number of hydrogen-bond acceptors (Lipinski definition) is 4. The highest BCUT2D eigenvalue weighted by Gasteiger charge is 2.26. The molecular weight excluding hydrogens is 358 g/mol. The van der Waals surface area contributed by atoms with E-state index in [1.165, 1.54) is 18.4 Å². The van der Waals surface area contributed by atoms with E-state index in [9.17, 15) is 9.59 Å². The van der Waals surface area contributed by atoms with Crippen molar-refractivity contribution in [2.75, 3.05) is 39.2 Å². The second-order valence-electron chi connectivity index (χ2n) is 7.90. The molecule has 0 unspecified atom stereocenters. The molecule has 2 heterocycles. The van der Waals surface area contributed by atoms with Gasteiger partial charge in [-0.2, -0.15) is 0 Å². The summed E-state index contributed by atoms with van der Waals surface area (Å²) in [6, 6.07) is 5.46. The number of hydrogen-bond donors (Lipinski definition) is 3. The predicted molar refractivity (Wildman–Crippen MR) is 108 cm³/mol. The number of ether oxygens (including phenoxy) is 2. The highest BCUT2D eigenvalue weighted by atomic mass is 16.5. The zero-order valence-electron chi connectivity index (χ0n) is 17.1. The van der Waals surface area contributed by atoms with E-state index < -0.39 is 5.97 Å². The zero-order valence-corrected chi connectivity index (χ0v) is 17.1. The van der Waals surface area contributed by atoms with Gasteiger partial charge in [0.25, 0.3) is 0 Å². The summed E-state index contributed by atoms with van der Waals surface area (Å²) in [6.07, 6.45) is 1.66. The largest absolute Gasteiger partial charge is 0.496 e. The Balaban J connectivity index is 1.78. The van der Waals surface area contributed by atoms with Crippen molar-refractivity contribution in [1.29, 1.82) is 0 Å². The number of aromatic amines is 1. The van der Waals surface area contributed by atoms with Crippen LogP contribution in [0, 0.1) is 11.8 Å². The van der Waals surface area contributed by atoms with Crippen LogP contribution in [-0.4, -0.2) is 50.7 Å². The van der Waals surface area contributed by atoms with E-state index in [0.717, 1.165) is 19.6 Å². The standard InChI is InChI=1S/C21H29N3O4/c1-13-10-14(2)12-24(11-13)9-8-17(25)23-19-18-15(6-5-7-16(18)27-3)22-20(19)21(26)28-4/h5-7,13-14,22H,8-12H2,1-4H3,(H,23,25)/p+1/t13-,14-/m0/s1. The molecule has 28 heavy (non-hydrogen) atoms. The van der Waals surface area contributed by atoms with Gasteiger partial charge in [0, 0.05) is 11.8 Å². The van der Waals surface area contributed by atoms with Crippen LogP contribution in [0.2, 0.25) is 0 Å². The van der Waals surface area contributed by atoms with E-state index in [4.69, 9.17) is 9.47 Å². The summed E-state index contributed by atoms with van der Waals surface area (Å²) in [7, 11) is 2.88. The van der Waals surface area contributed by atoms with E-state index in [2.05, 4.69) is 24.1 Å². The lowest BCUT2D eigenvalue weighted by atomic mass is 9.92. The molecule has 0 saturated carbocycles. The third kappa shape index (κ3) is 4.30. The molecule has 0 aliphatic carbocycles. The highest BCUT2D eigenvalue weighted by Crippen LogP contribution is 2.35. The van der Waals surface area contributed by atoms with Crippen molar-refractivity contribution in [3.8, 4) is 5.75 Å². The number of anilines is 1. The number of piperidine rings is 1. The summed E-state index contributed by atoms with van der Waals surface area (Å²) < 4.78 is 10.3. The lowest BCUT2D eigenvalue weighted by Crippen LogP contribution is -3.14. The van der Waals surface area contributed by atoms with Gasteiger partial charge in [-0.3, -0.25) is 4.79 Å². The molecule has 1 fully saturated rings. The van der Waals surface area contributed by atoms with Crippen LogP contribution in [0.1, 0.15) is 37.2 Å². The molecule has 152 valence electrons. The van der Waals surface area contributed by atoms with Crippen molar-refractivity contribution in [3.05, 3.63) is 23.9 Å². The molecule has 0 spiro atoms. The Morgan fingerprint density at radius 2 is 1.93 bits per heavy atom. The van der Waals surface area contributed by atoms with E-state index in [0.29, 0.717) is 40.6 Å². The average molecular weight is 388 g/mol. The minimum Gasteiger partial charge on any atom is -0.496 e. The fourth-order valence-electron chi connectivity index (χ4n) is 4.38. The Labute approximate surface area is 165 Å². The minimum atomic E-state index is -0.530. The first kappa shape index (κ1) is 20.2. The average Bonchev–Trinajstić information content (AvgIpc) is 3.03. The number of methoxy groups -OCH3 is 2. The normalized spacial score (nSPS) is 22.1. The monoisotopic (exact) mass is 388 g/mol. The quantitative estimate of drug-likeness (QED) is 0.660. The van der Waals surface area contributed by atoms with E-state index in [1.807, 2.05) is 12.1 Å². The lowest BCUT2D eigenvalue weighted by molar-refractivity contribution is -0.911. The second kappa shape index (κ2) is 8.65. The first-order valence-corrected chi connectivity index (χ1v) is 9.83. The molecule has 2 atom stereocenters. The number of quaternary nitrogens is 1. The first-order chi connectivity index (χ1) is 13.4. The molecule has 0 radical (unpaired) electrons. The minimum absolute atomic E-state index is 0.115. The summed E-state index contributed by atoms with van der Waals surface area (Å²) in [5.41, 5.74) is 1.35. The number of rotatable bonds is 6. The maximum Gasteiger partial charge on any atom is 0.356 e. The Morgan fingerprint density at radius 1 is 1.21 bits per heavy atom. The number of amides is 1. The predicted octanol–water partition coefficient (Wildman–Crippen LogP) is 1.85. The van der Waals surface area contributed by atoms with Crippen LogP contribution >= 0.6 is 0 Å². The van der Waals surface area contributed by atoms with Gasteiger partial charge < -0.3 is 24.7 Å². The van der Waals surface area contributed by atoms with Crippen molar-refractivity contribution < 1.29 is 24.0 Å². The Bertz CT molecular complexity index is 851. The van der Waals surface area contributed by atoms with Crippen LogP contribution in [-0.2, 0) is 9.53 Å². The molecule has 1 aliphatic rings. The smallest absolute Gasteiger partial charge is 0.356 e. The number of likely N-dealkylation sites (tertiary alicyclic amines) is 1. The van der Waals surface area contributed by atoms with Crippen LogP contribution in [0.4, 0.5) is 5.69 Å². The summed E-state index contributed by atoms with van der Waals surface area (Å²) >= 11 is 0. The van der Waals surface area contributed by atoms with Crippen LogP contribution in [0.3, 0.4) is 0 Å². The van der Waals surface area contributed by atoms with Crippen LogP contribution in [0.5, 0.6) is 5.75 Å². The number of carbonyl (C=O) groups is 2. The number of carbonyl (C=O) groups excluding carboxylic acids is 2. The third-order valence-electron chi connectivity index (χ3n) is 5.44. The van der Waals surface area contributed by atoms with Crippen LogP contribution in [0.25, 0.3) is 10.9 Å². The molecule has 1 aromatic heterocycles. The molecule has 1 amide bonds. The number of benzene rings is 1. The van der Waals surface area contributed by atoms with Gasteiger partial charge in [-0.15, -0.1) is 0 Å². The van der Waals surface area contributed by atoms with Gasteiger partial charge in [-0.1, -0.05) is 19.9 Å². The third-order valence-corrected chi connectivity index (χ3v) is 5.44. The topological polar surface area (TPSA) is 84.9 Å². The van der Waals surface area contributed by atoms with Gasteiger partial charge in [0.2, 0.25) is 5.91 Å². The fourth-order valence-corrected chi connectivity index (χ4v) is 4.38. The van der Waals surface area contributed by atoms with E-state index in [1.54, 1.807) is 13.2 Å². The van der Waals surface area contributed by atoms with E-state index >= 15 is 0 Å². The summed E-state index contributed by atoms with van der Waals surface area (Å²) in [6.45, 7) is 7.54. The molecule has 7 nitrogen and oxygen atoms in total. The van der Waals surface area contributed by atoms with Crippen molar-refractivity contribution in [2.45, 2.75) is 26.7 Å². The molecule has 1 aliphatic heterocycles. The summed E-state index contributed by atoms with van der Waals surface area (Å²) in [5, 5.41) is 3.59. The second-order valence-corrected chi connectivity index (χ2v) is 7.90. The number of fused-ring (bicyclic) bond motifs is 1. The summed E-state index contributed by atoms with van der Waals surface area (Å²) in [4.78, 5) is 29.4. The van der Waals surface area contributed by atoms with Crippen molar-refractivity contribution in [3.63, 3.8) is 0 Å². The molecule has 7 heteroatoms. The zero-order chi connectivity index (χ0) is 20.3. The Hall–Kier alpha value is -2.54. The van der Waals surface area contributed by atoms with Gasteiger partial charge in [-0.05, 0) is 18.6 Å². The SMILES string of the molecule is COC(=O)c1[nH]c2cccc(OC)c2c1NC(=O)CC[NH+]1C[C@@H](C)C[C@H](C)C1. The first-order valence-electron chi connectivity index (χ1n) is 9.83. The number of nitrogens with one attached hydrogen (secondary N) is 3. The molecule has 1 saturated heterocycles. The van der Waals surface area contributed by atoms with Crippen LogP contribution < -0.4 is 15.0 Å². The molecule has 2 aromatic rings. The van der Waals surface area contributed by atoms with Gasteiger partial charge >= 0.3 is 5.97 Å². The van der Waals surface area contributed by atoms with Crippen molar-refractivity contribution in [2.24, 2.45) is 11.8 Å². The fraction of sp³-hybridized carbons (Fsp3) is 0.524. The molecule has 3 N–H and O–H groups in total. The van der Waals surface area contributed by atoms with Gasteiger partial charge in [0.15, 0.2) is 0 Å². The van der Waals surface area contributed by atoms with Crippen LogP contribution in [0.15, 0.2) is 18.2 Å². The van der Waals surface area contributed by atoms with Crippen molar-refractivity contribution >= 4 is 28.5 Å². The van der Waals surface area contributed by atoms with Gasteiger partial charge in [0.05, 0.1) is 56.9 Å². The highest BCUT2D eigenvalue weighted by molar-refractivity contribution is 6.12. The molecule has 1 aromatic carbocycles. The Kier molecular flexibility index (Phi) is 6.24. The van der Waals surface area contributed by atoms with E-state index in [-0.39, 0.29) is 11.6 Å². The van der Waals surface area contributed by atoms with Gasteiger partial charge in [-0.25, -0.2) is 4.79 Å². The number of esters is 1. The molecule has 0 bridgehead atoms. The summed E-state index contributed by atoms with van der Waals surface area (Å²) in [5.74, 6) is 1.31. The number of H-pyrrole nitrogens is 1. The van der Waals surface area contributed by atoms with Gasteiger partial charge in [0.1, 0.15) is 11.4 Å². The maximum atomic E-state index is 12.7. The Morgan fingerprint density at radius 3 is 2.57 bits per heavy atom.